The number of rotatable bonds is 6. The molecule has 0 radical (unpaired) electrons. The summed E-state index contributed by atoms with van der Waals surface area (Å²) in [6.07, 6.45) is 2.97. The Labute approximate surface area is 154 Å². The van der Waals surface area contributed by atoms with Crippen LogP contribution in [-0.2, 0) is 6.54 Å². The lowest BCUT2D eigenvalue weighted by molar-refractivity contribution is 0.102. The van der Waals surface area contributed by atoms with E-state index in [-0.39, 0.29) is 5.91 Å². The van der Waals surface area contributed by atoms with Gasteiger partial charge in [0.15, 0.2) is 5.69 Å². The number of carbonyl (C=O) groups is 1. The quantitative estimate of drug-likeness (QED) is 0.726. The monoisotopic (exact) mass is 350 g/mol. The molecule has 5 nitrogen and oxygen atoms in total. The van der Waals surface area contributed by atoms with Crippen LogP contribution in [0.3, 0.4) is 0 Å². The highest BCUT2D eigenvalue weighted by atomic mass is 16.1. The van der Waals surface area contributed by atoms with Gasteiger partial charge in [-0.15, -0.1) is 0 Å². The molecule has 3 aromatic rings. The van der Waals surface area contributed by atoms with Gasteiger partial charge in [-0.25, -0.2) is 4.98 Å². The van der Waals surface area contributed by atoms with Crippen LogP contribution in [0, 0.1) is 0 Å². The number of fused-ring (bicyclic) bond motifs is 1. The van der Waals surface area contributed by atoms with E-state index in [2.05, 4.69) is 30.2 Å². The zero-order chi connectivity index (χ0) is 18.7. The standard InChI is InChI=1S/C21H26N4O/c1-5-15(2)16-10-6-7-11-17(16)22-21(26)20-18(14-24(3)4)25-13-9-8-12-19(25)23-20/h6-13,15H,5,14H2,1-4H3,(H,22,26). The molecule has 1 N–H and O–H groups in total. The average molecular weight is 350 g/mol. The first-order valence-corrected chi connectivity index (χ1v) is 9.02. The predicted octanol–water partition coefficient (Wildman–Crippen LogP) is 4.16. The molecular weight excluding hydrogens is 324 g/mol. The Hall–Kier alpha value is -2.66. The first kappa shape index (κ1) is 18.1. The number of hydrogen-bond acceptors (Lipinski definition) is 3. The SMILES string of the molecule is CCC(C)c1ccccc1NC(=O)c1nc2ccccn2c1CN(C)C. The normalized spacial score (nSPS) is 12.5. The van der Waals surface area contributed by atoms with E-state index in [1.54, 1.807) is 0 Å². The van der Waals surface area contributed by atoms with Gasteiger partial charge in [0, 0.05) is 18.4 Å². The largest absolute Gasteiger partial charge is 0.320 e. The molecule has 1 atom stereocenters. The summed E-state index contributed by atoms with van der Waals surface area (Å²) in [7, 11) is 3.98. The highest BCUT2D eigenvalue weighted by Crippen LogP contribution is 2.27. The van der Waals surface area contributed by atoms with E-state index >= 15 is 0 Å². The van der Waals surface area contributed by atoms with E-state index in [1.165, 1.54) is 0 Å². The Balaban J connectivity index is 1.99. The van der Waals surface area contributed by atoms with Gasteiger partial charge >= 0.3 is 0 Å². The van der Waals surface area contributed by atoms with E-state index in [1.807, 2.05) is 66.0 Å². The van der Waals surface area contributed by atoms with Gasteiger partial charge in [-0.05, 0) is 50.2 Å². The molecule has 0 bridgehead atoms. The molecule has 1 unspecified atom stereocenters. The van der Waals surface area contributed by atoms with Gasteiger partial charge in [-0.3, -0.25) is 4.79 Å². The number of carbonyl (C=O) groups excluding carboxylic acids is 1. The van der Waals surface area contributed by atoms with Crippen molar-refractivity contribution < 1.29 is 4.79 Å². The molecule has 0 saturated heterocycles. The zero-order valence-electron chi connectivity index (χ0n) is 15.9. The van der Waals surface area contributed by atoms with Crippen LogP contribution >= 0.6 is 0 Å². The summed E-state index contributed by atoms with van der Waals surface area (Å²) in [5.41, 5.74) is 4.17. The number of hydrogen-bond donors (Lipinski definition) is 1. The first-order chi connectivity index (χ1) is 12.5. The van der Waals surface area contributed by atoms with Crippen LogP contribution in [0.5, 0.6) is 0 Å². The van der Waals surface area contributed by atoms with Crippen molar-refractivity contribution >= 4 is 17.2 Å². The third-order valence-corrected chi connectivity index (χ3v) is 4.66. The molecule has 1 aromatic carbocycles. The van der Waals surface area contributed by atoms with Gasteiger partial charge in [0.1, 0.15) is 5.65 Å². The number of anilines is 1. The van der Waals surface area contributed by atoms with Gasteiger partial charge in [0.25, 0.3) is 5.91 Å². The minimum absolute atomic E-state index is 0.165. The van der Waals surface area contributed by atoms with E-state index in [4.69, 9.17) is 0 Å². The fourth-order valence-electron chi connectivity index (χ4n) is 3.12. The summed E-state index contributed by atoms with van der Waals surface area (Å²) in [5.74, 6) is 0.218. The fraction of sp³-hybridized carbons (Fsp3) is 0.333. The predicted molar refractivity (Wildman–Crippen MR) is 106 cm³/mol. The molecule has 0 saturated carbocycles. The van der Waals surface area contributed by atoms with Crippen LogP contribution in [0.2, 0.25) is 0 Å². The van der Waals surface area contributed by atoms with Crippen molar-refractivity contribution in [3.05, 3.63) is 65.6 Å². The molecule has 2 aromatic heterocycles. The Morgan fingerprint density at radius 2 is 1.92 bits per heavy atom. The van der Waals surface area contributed by atoms with E-state index in [0.29, 0.717) is 18.2 Å². The summed E-state index contributed by atoms with van der Waals surface area (Å²) in [6, 6.07) is 13.8. The van der Waals surface area contributed by atoms with Gasteiger partial charge in [-0.2, -0.15) is 0 Å². The van der Waals surface area contributed by atoms with Crippen molar-refractivity contribution in [3.8, 4) is 0 Å². The minimum atomic E-state index is -0.165. The maximum absolute atomic E-state index is 13.0. The molecule has 0 aliphatic rings. The summed E-state index contributed by atoms with van der Waals surface area (Å²) in [5, 5.41) is 3.08. The molecule has 2 heterocycles. The molecule has 0 spiro atoms. The molecule has 0 aliphatic heterocycles. The number of imidazole rings is 1. The van der Waals surface area contributed by atoms with Crippen molar-refractivity contribution in [3.63, 3.8) is 0 Å². The van der Waals surface area contributed by atoms with E-state index in [9.17, 15) is 4.79 Å². The third-order valence-electron chi connectivity index (χ3n) is 4.66. The number of amides is 1. The van der Waals surface area contributed by atoms with Crippen molar-refractivity contribution in [1.82, 2.24) is 14.3 Å². The smallest absolute Gasteiger partial charge is 0.276 e. The van der Waals surface area contributed by atoms with Crippen molar-refractivity contribution in [2.45, 2.75) is 32.7 Å². The lowest BCUT2D eigenvalue weighted by atomic mass is 9.97. The van der Waals surface area contributed by atoms with Gasteiger partial charge < -0.3 is 14.6 Å². The van der Waals surface area contributed by atoms with Gasteiger partial charge in [0.05, 0.1) is 5.69 Å². The number of aromatic nitrogens is 2. The lowest BCUT2D eigenvalue weighted by Crippen LogP contribution is -2.20. The maximum atomic E-state index is 13.0. The number of nitrogens with one attached hydrogen (secondary N) is 1. The summed E-state index contributed by atoms with van der Waals surface area (Å²) < 4.78 is 1.98. The fourth-order valence-corrected chi connectivity index (χ4v) is 3.12. The van der Waals surface area contributed by atoms with Gasteiger partial charge in [-0.1, -0.05) is 38.1 Å². The Morgan fingerprint density at radius 1 is 1.19 bits per heavy atom. The molecule has 0 fully saturated rings. The van der Waals surface area contributed by atoms with Crippen LogP contribution in [-0.4, -0.2) is 34.3 Å². The summed E-state index contributed by atoms with van der Waals surface area (Å²) >= 11 is 0. The second kappa shape index (κ2) is 7.70. The Bertz CT molecular complexity index is 913. The van der Waals surface area contributed by atoms with Crippen LogP contribution in [0.25, 0.3) is 5.65 Å². The van der Waals surface area contributed by atoms with Crippen molar-refractivity contribution in [2.75, 3.05) is 19.4 Å². The molecule has 136 valence electrons. The van der Waals surface area contributed by atoms with Gasteiger partial charge in [0.2, 0.25) is 0 Å². The lowest BCUT2D eigenvalue weighted by Gasteiger charge is -2.16. The Morgan fingerprint density at radius 3 is 2.65 bits per heavy atom. The van der Waals surface area contributed by atoms with Crippen LogP contribution in [0.4, 0.5) is 5.69 Å². The highest BCUT2D eigenvalue weighted by Gasteiger charge is 2.20. The third kappa shape index (κ3) is 3.63. The van der Waals surface area contributed by atoms with Crippen LogP contribution < -0.4 is 5.32 Å². The molecule has 1 amide bonds. The highest BCUT2D eigenvalue weighted by molar-refractivity contribution is 6.04. The van der Waals surface area contributed by atoms with E-state index in [0.717, 1.165) is 29.0 Å². The topological polar surface area (TPSA) is 49.6 Å². The zero-order valence-corrected chi connectivity index (χ0v) is 15.9. The molecule has 5 heteroatoms. The first-order valence-electron chi connectivity index (χ1n) is 9.02. The Kier molecular flexibility index (Phi) is 5.38. The van der Waals surface area contributed by atoms with Crippen molar-refractivity contribution in [1.29, 1.82) is 0 Å². The summed E-state index contributed by atoms with van der Waals surface area (Å²) in [6.45, 7) is 4.97. The number of nitrogens with zero attached hydrogens (tertiary/aromatic N) is 3. The maximum Gasteiger partial charge on any atom is 0.276 e. The second-order valence-corrected chi connectivity index (χ2v) is 6.92. The molecular formula is C21H26N4O. The number of para-hydroxylation sites is 1. The van der Waals surface area contributed by atoms with Crippen LogP contribution in [0.1, 0.15) is 47.9 Å². The average Bonchev–Trinajstić information content (AvgIpc) is 3.00. The molecule has 26 heavy (non-hydrogen) atoms. The van der Waals surface area contributed by atoms with E-state index < -0.39 is 0 Å². The second-order valence-electron chi connectivity index (χ2n) is 6.92. The number of pyridine rings is 1. The molecule has 0 aliphatic carbocycles. The number of benzene rings is 1. The minimum Gasteiger partial charge on any atom is -0.320 e. The van der Waals surface area contributed by atoms with Crippen LogP contribution in [0.15, 0.2) is 48.7 Å². The molecule has 3 rings (SSSR count). The van der Waals surface area contributed by atoms with Crippen molar-refractivity contribution in [2.24, 2.45) is 0 Å². The summed E-state index contributed by atoms with van der Waals surface area (Å²) in [4.78, 5) is 19.7.